The molecular formula is C13H11F3N2O. The lowest BCUT2D eigenvalue weighted by atomic mass is 10.1. The summed E-state index contributed by atoms with van der Waals surface area (Å²) >= 11 is 0. The summed E-state index contributed by atoms with van der Waals surface area (Å²) in [6.07, 6.45) is -4.83. The minimum absolute atomic E-state index is 0.0352. The highest BCUT2D eigenvalue weighted by Gasteiger charge is 2.36. The fourth-order valence-electron chi connectivity index (χ4n) is 2.12. The van der Waals surface area contributed by atoms with Crippen molar-refractivity contribution in [2.24, 2.45) is 0 Å². The van der Waals surface area contributed by atoms with Crippen LogP contribution in [0.15, 0.2) is 12.1 Å². The van der Waals surface area contributed by atoms with Crippen LogP contribution in [0.1, 0.15) is 16.8 Å². The van der Waals surface area contributed by atoms with Crippen LogP contribution in [-0.2, 0) is 12.6 Å². The number of aromatic amines is 1. The zero-order chi connectivity index (χ0) is 14.2. The summed E-state index contributed by atoms with van der Waals surface area (Å²) in [5.41, 5.74) is 0.127. The van der Waals surface area contributed by atoms with Gasteiger partial charge in [0.15, 0.2) is 0 Å². The molecule has 0 aliphatic carbocycles. The lowest BCUT2D eigenvalue weighted by Gasteiger charge is -2.05. The first kappa shape index (κ1) is 13.3. The van der Waals surface area contributed by atoms with E-state index < -0.39 is 11.9 Å². The van der Waals surface area contributed by atoms with E-state index in [1.54, 1.807) is 25.1 Å². The number of nitrogens with one attached hydrogen (secondary N) is 1. The second-order valence-electron chi connectivity index (χ2n) is 4.20. The Morgan fingerprint density at radius 3 is 2.58 bits per heavy atom. The third-order valence-corrected chi connectivity index (χ3v) is 2.88. The molecule has 2 rings (SSSR count). The van der Waals surface area contributed by atoms with E-state index in [-0.39, 0.29) is 17.5 Å². The highest BCUT2D eigenvalue weighted by Crippen LogP contribution is 2.38. The molecule has 0 radical (unpaired) electrons. The van der Waals surface area contributed by atoms with Gasteiger partial charge in [0.2, 0.25) is 0 Å². The van der Waals surface area contributed by atoms with Crippen molar-refractivity contribution in [3.05, 3.63) is 29.0 Å². The molecule has 19 heavy (non-hydrogen) atoms. The third kappa shape index (κ3) is 2.24. The third-order valence-electron chi connectivity index (χ3n) is 2.88. The van der Waals surface area contributed by atoms with E-state index in [1.807, 2.05) is 0 Å². The number of nitrogens with zero attached hydrogens (tertiary/aromatic N) is 1. The van der Waals surface area contributed by atoms with Crippen molar-refractivity contribution >= 4 is 10.9 Å². The number of methoxy groups -OCH3 is 1. The SMILES string of the molecule is COc1cc(C)cc2c(CC#N)c(C(F)(F)F)[nH]c12. The van der Waals surface area contributed by atoms with Crippen LogP contribution in [0, 0.1) is 18.3 Å². The molecule has 0 saturated heterocycles. The molecular weight excluding hydrogens is 257 g/mol. The maximum Gasteiger partial charge on any atom is 0.431 e. The Morgan fingerprint density at radius 1 is 1.37 bits per heavy atom. The van der Waals surface area contributed by atoms with Crippen molar-refractivity contribution in [2.45, 2.75) is 19.5 Å². The first-order valence-corrected chi connectivity index (χ1v) is 5.51. The van der Waals surface area contributed by atoms with Gasteiger partial charge in [-0.05, 0) is 24.6 Å². The van der Waals surface area contributed by atoms with Crippen molar-refractivity contribution in [3.63, 3.8) is 0 Å². The molecule has 0 fully saturated rings. The lowest BCUT2D eigenvalue weighted by Crippen LogP contribution is -2.08. The summed E-state index contributed by atoms with van der Waals surface area (Å²) < 4.78 is 44.0. The normalized spacial score (nSPS) is 11.6. The number of halogens is 3. The van der Waals surface area contributed by atoms with E-state index in [0.29, 0.717) is 11.1 Å². The predicted molar refractivity (Wildman–Crippen MR) is 63.9 cm³/mol. The van der Waals surface area contributed by atoms with Crippen LogP contribution in [0.3, 0.4) is 0 Å². The second kappa shape index (κ2) is 4.50. The molecule has 100 valence electrons. The van der Waals surface area contributed by atoms with Gasteiger partial charge in [-0.3, -0.25) is 0 Å². The molecule has 0 aliphatic heterocycles. The van der Waals surface area contributed by atoms with Crippen LogP contribution < -0.4 is 4.74 Å². The summed E-state index contributed by atoms with van der Waals surface area (Å²) in [5, 5.41) is 9.10. The summed E-state index contributed by atoms with van der Waals surface area (Å²) in [6, 6.07) is 5.04. The number of benzene rings is 1. The second-order valence-corrected chi connectivity index (χ2v) is 4.20. The standard InChI is InChI=1S/C13H11F3N2O/c1-7-5-9-8(3-4-17)12(13(14,15)16)18-11(9)10(6-7)19-2/h5-6,18H,3H2,1-2H3. The molecule has 1 N–H and O–H groups in total. The van der Waals surface area contributed by atoms with Crippen LogP contribution in [0.5, 0.6) is 5.75 Å². The molecule has 0 amide bonds. The molecule has 1 aromatic heterocycles. The van der Waals surface area contributed by atoms with Crippen LogP contribution in [0.2, 0.25) is 0 Å². The first-order chi connectivity index (χ1) is 8.88. The molecule has 0 saturated carbocycles. The van der Waals surface area contributed by atoms with Crippen molar-refractivity contribution < 1.29 is 17.9 Å². The largest absolute Gasteiger partial charge is 0.495 e. The number of nitriles is 1. The van der Waals surface area contributed by atoms with Gasteiger partial charge in [0.25, 0.3) is 0 Å². The van der Waals surface area contributed by atoms with Crippen LogP contribution in [-0.4, -0.2) is 12.1 Å². The molecule has 2 aromatic rings. The molecule has 1 aromatic carbocycles. The van der Waals surface area contributed by atoms with E-state index in [1.165, 1.54) is 7.11 Å². The van der Waals surface area contributed by atoms with Gasteiger partial charge in [0, 0.05) is 10.9 Å². The fraction of sp³-hybridized carbons (Fsp3) is 0.308. The van der Waals surface area contributed by atoms with Crippen LogP contribution >= 0.6 is 0 Å². The molecule has 6 heteroatoms. The van der Waals surface area contributed by atoms with Gasteiger partial charge in [0.05, 0.1) is 25.1 Å². The number of rotatable bonds is 2. The number of alkyl halides is 3. The van der Waals surface area contributed by atoms with E-state index >= 15 is 0 Å². The Bertz CT molecular complexity index is 665. The topological polar surface area (TPSA) is 48.8 Å². The van der Waals surface area contributed by atoms with Gasteiger partial charge in [-0.2, -0.15) is 18.4 Å². The monoisotopic (exact) mass is 268 g/mol. The Kier molecular flexibility index (Phi) is 3.14. The molecule has 0 bridgehead atoms. The van der Waals surface area contributed by atoms with Gasteiger partial charge in [-0.1, -0.05) is 0 Å². The van der Waals surface area contributed by atoms with E-state index in [0.717, 1.165) is 5.56 Å². The molecule has 1 heterocycles. The van der Waals surface area contributed by atoms with Crippen molar-refractivity contribution in [3.8, 4) is 11.8 Å². The van der Waals surface area contributed by atoms with Gasteiger partial charge < -0.3 is 9.72 Å². The number of hydrogen-bond acceptors (Lipinski definition) is 2. The van der Waals surface area contributed by atoms with Gasteiger partial charge in [0.1, 0.15) is 11.4 Å². The minimum Gasteiger partial charge on any atom is -0.495 e. The van der Waals surface area contributed by atoms with Crippen molar-refractivity contribution in [2.75, 3.05) is 7.11 Å². The molecule has 0 aliphatic rings. The number of aryl methyl sites for hydroxylation is 1. The Hall–Kier alpha value is -2.16. The predicted octanol–water partition coefficient (Wildman–Crippen LogP) is 3.57. The minimum atomic E-state index is -4.52. The number of H-pyrrole nitrogens is 1. The molecule has 3 nitrogen and oxygen atoms in total. The number of ether oxygens (including phenoxy) is 1. The van der Waals surface area contributed by atoms with Crippen molar-refractivity contribution in [1.29, 1.82) is 5.26 Å². The van der Waals surface area contributed by atoms with Crippen LogP contribution in [0.25, 0.3) is 10.9 Å². The highest BCUT2D eigenvalue weighted by atomic mass is 19.4. The Morgan fingerprint density at radius 2 is 2.05 bits per heavy atom. The smallest absolute Gasteiger partial charge is 0.431 e. The molecule has 0 atom stereocenters. The number of fused-ring (bicyclic) bond motifs is 1. The number of hydrogen-bond donors (Lipinski definition) is 1. The Labute approximate surface area is 107 Å². The zero-order valence-corrected chi connectivity index (χ0v) is 10.4. The molecule has 0 unspecified atom stereocenters. The van der Waals surface area contributed by atoms with Crippen LogP contribution in [0.4, 0.5) is 13.2 Å². The quantitative estimate of drug-likeness (QED) is 0.905. The molecule has 0 spiro atoms. The summed E-state index contributed by atoms with van der Waals surface area (Å²) in [6.45, 7) is 1.76. The first-order valence-electron chi connectivity index (χ1n) is 5.51. The zero-order valence-electron chi connectivity index (χ0n) is 10.4. The van der Waals surface area contributed by atoms with Gasteiger partial charge >= 0.3 is 6.18 Å². The highest BCUT2D eigenvalue weighted by molar-refractivity contribution is 5.90. The van der Waals surface area contributed by atoms with Gasteiger partial charge in [-0.25, -0.2) is 0 Å². The summed E-state index contributed by atoms with van der Waals surface area (Å²) in [5.74, 6) is 0.338. The van der Waals surface area contributed by atoms with E-state index in [2.05, 4.69) is 4.98 Å². The average Bonchev–Trinajstić information content (AvgIpc) is 2.67. The average molecular weight is 268 g/mol. The lowest BCUT2D eigenvalue weighted by molar-refractivity contribution is -0.141. The fourth-order valence-corrected chi connectivity index (χ4v) is 2.12. The summed E-state index contributed by atoms with van der Waals surface area (Å²) in [4.78, 5) is 2.33. The van der Waals surface area contributed by atoms with E-state index in [9.17, 15) is 13.2 Å². The maximum absolute atomic E-state index is 13.0. The maximum atomic E-state index is 13.0. The van der Waals surface area contributed by atoms with E-state index in [4.69, 9.17) is 10.00 Å². The number of aromatic nitrogens is 1. The van der Waals surface area contributed by atoms with Gasteiger partial charge in [-0.15, -0.1) is 0 Å². The Balaban J connectivity index is 2.85. The van der Waals surface area contributed by atoms with Crippen molar-refractivity contribution in [1.82, 2.24) is 4.98 Å². The summed E-state index contributed by atoms with van der Waals surface area (Å²) in [7, 11) is 1.40.